The van der Waals surface area contributed by atoms with Crippen molar-refractivity contribution in [3.8, 4) is 0 Å². The third kappa shape index (κ3) is 1.94. The molecule has 0 aliphatic carbocycles. The van der Waals surface area contributed by atoms with Crippen molar-refractivity contribution >= 4 is 0 Å². The maximum atomic E-state index is 5.41. The van der Waals surface area contributed by atoms with Crippen LogP contribution in [0.4, 0.5) is 0 Å². The summed E-state index contributed by atoms with van der Waals surface area (Å²) in [5.74, 6) is 0. The van der Waals surface area contributed by atoms with Crippen LogP contribution in [0.25, 0.3) is 0 Å². The molecule has 2 aliphatic rings. The lowest BCUT2D eigenvalue weighted by Crippen LogP contribution is -2.12. The van der Waals surface area contributed by atoms with Crippen molar-refractivity contribution in [2.45, 2.75) is 31.8 Å². The van der Waals surface area contributed by atoms with E-state index in [1.54, 1.807) is 0 Å². The minimum absolute atomic E-state index is 0.0914. The molecule has 0 saturated carbocycles. The number of hydrogen-bond acceptors (Lipinski definition) is 3. The van der Waals surface area contributed by atoms with Gasteiger partial charge in [-0.05, 0) is 6.92 Å². The van der Waals surface area contributed by atoms with Crippen molar-refractivity contribution in [1.29, 1.82) is 0 Å². The largest absolute Gasteiger partial charge is 0.373 e. The van der Waals surface area contributed by atoms with Crippen LogP contribution in [-0.4, -0.2) is 31.7 Å². The van der Waals surface area contributed by atoms with E-state index in [1.807, 2.05) is 0 Å². The molecular weight excluding hydrogens is 132 g/mol. The third-order valence-electron chi connectivity index (χ3n) is 1.68. The highest BCUT2D eigenvalue weighted by Crippen LogP contribution is 2.20. The summed E-state index contributed by atoms with van der Waals surface area (Å²) in [5.41, 5.74) is 0. The van der Waals surface area contributed by atoms with Crippen molar-refractivity contribution < 1.29 is 14.2 Å². The predicted molar refractivity (Wildman–Crippen MR) is 34.6 cm³/mol. The lowest BCUT2D eigenvalue weighted by Gasteiger charge is -2.07. The Kier molecular flexibility index (Phi) is 1.64. The van der Waals surface area contributed by atoms with Gasteiger partial charge >= 0.3 is 0 Å². The molecule has 2 fully saturated rings. The van der Waals surface area contributed by atoms with Gasteiger partial charge in [-0.15, -0.1) is 0 Å². The van der Waals surface area contributed by atoms with Crippen LogP contribution in [0, 0.1) is 0 Å². The van der Waals surface area contributed by atoms with Crippen LogP contribution in [0.5, 0.6) is 0 Å². The molecule has 0 aromatic heterocycles. The molecule has 0 radical (unpaired) electrons. The average molecular weight is 144 g/mol. The highest BCUT2D eigenvalue weighted by atomic mass is 16.8. The lowest BCUT2D eigenvalue weighted by molar-refractivity contribution is -0.00819. The molecule has 2 aliphatic heterocycles. The van der Waals surface area contributed by atoms with Crippen molar-refractivity contribution in [1.82, 2.24) is 0 Å². The fraction of sp³-hybridized carbons (Fsp3) is 1.00. The van der Waals surface area contributed by atoms with Gasteiger partial charge in [0.1, 0.15) is 6.61 Å². The molecule has 2 heterocycles. The monoisotopic (exact) mass is 144 g/mol. The standard InChI is InChI=1S/C7H12O3/c1-5(2-6-3-8-6)10-7-4-9-7/h5-7H,2-4H2,1H3. The molecule has 0 aromatic carbocycles. The van der Waals surface area contributed by atoms with Crippen molar-refractivity contribution in [3.63, 3.8) is 0 Å². The lowest BCUT2D eigenvalue weighted by atomic mass is 10.2. The first-order valence-electron chi connectivity index (χ1n) is 3.73. The molecule has 0 bridgehead atoms. The molecule has 3 heteroatoms. The predicted octanol–water partition coefficient (Wildman–Crippen LogP) is 0.537. The molecule has 0 N–H and O–H groups in total. The topological polar surface area (TPSA) is 34.3 Å². The van der Waals surface area contributed by atoms with E-state index < -0.39 is 0 Å². The molecule has 2 saturated heterocycles. The van der Waals surface area contributed by atoms with Crippen molar-refractivity contribution in [2.75, 3.05) is 13.2 Å². The molecule has 58 valence electrons. The Bertz CT molecular complexity index is 104. The second-order valence-electron chi connectivity index (χ2n) is 2.90. The highest BCUT2D eigenvalue weighted by Gasteiger charge is 2.30. The van der Waals surface area contributed by atoms with Crippen LogP contribution in [0.15, 0.2) is 0 Å². The number of ether oxygens (including phenoxy) is 3. The van der Waals surface area contributed by atoms with Gasteiger partial charge in [0.2, 0.25) is 0 Å². The first kappa shape index (κ1) is 6.58. The third-order valence-corrected chi connectivity index (χ3v) is 1.68. The van der Waals surface area contributed by atoms with Gasteiger partial charge in [-0.2, -0.15) is 0 Å². The Balaban J connectivity index is 1.60. The molecule has 2 rings (SSSR count). The zero-order chi connectivity index (χ0) is 6.97. The smallest absolute Gasteiger partial charge is 0.181 e. The summed E-state index contributed by atoms with van der Waals surface area (Å²) in [7, 11) is 0. The van der Waals surface area contributed by atoms with Crippen LogP contribution in [0.2, 0.25) is 0 Å². The quantitative estimate of drug-likeness (QED) is 0.540. The minimum atomic E-state index is 0.0914. The Morgan fingerprint density at radius 1 is 1.50 bits per heavy atom. The van der Waals surface area contributed by atoms with Gasteiger partial charge in [-0.1, -0.05) is 0 Å². The Labute approximate surface area is 60.3 Å². The summed E-state index contributed by atoms with van der Waals surface area (Å²) in [6, 6.07) is 0. The average Bonchev–Trinajstić information content (AvgIpc) is 2.59. The second kappa shape index (κ2) is 2.49. The summed E-state index contributed by atoms with van der Waals surface area (Å²) in [4.78, 5) is 0. The molecular formula is C7H12O3. The molecule has 3 atom stereocenters. The normalized spacial score (nSPS) is 39.3. The summed E-state index contributed by atoms with van der Waals surface area (Å²) < 4.78 is 15.4. The molecule has 3 nitrogen and oxygen atoms in total. The molecule has 0 aromatic rings. The molecule has 0 amide bonds. The van der Waals surface area contributed by atoms with Crippen molar-refractivity contribution in [2.24, 2.45) is 0 Å². The van der Waals surface area contributed by atoms with E-state index >= 15 is 0 Å². The summed E-state index contributed by atoms with van der Waals surface area (Å²) in [6.45, 7) is 3.75. The Morgan fingerprint density at radius 3 is 2.70 bits per heavy atom. The van der Waals surface area contributed by atoms with Gasteiger partial charge in [-0.3, -0.25) is 0 Å². The number of hydrogen-bond donors (Lipinski definition) is 0. The zero-order valence-corrected chi connectivity index (χ0v) is 6.08. The second-order valence-corrected chi connectivity index (χ2v) is 2.90. The van der Waals surface area contributed by atoms with Crippen LogP contribution in [0.1, 0.15) is 13.3 Å². The Hall–Kier alpha value is -0.120. The highest BCUT2D eigenvalue weighted by molar-refractivity contribution is 4.73. The van der Waals surface area contributed by atoms with E-state index in [-0.39, 0.29) is 6.29 Å². The van der Waals surface area contributed by atoms with Crippen LogP contribution < -0.4 is 0 Å². The van der Waals surface area contributed by atoms with E-state index in [2.05, 4.69) is 6.92 Å². The summed E-state index contributed by atoms with van der Waals surface area (Å²) >= 11 is 0. The van der Waals surface area contributed by atoms with Gasteiger partial charge < -0.3 is 14.2 Å². The number of epoxide rings is 2. The fourth-order valence-electron chi connectivity index (χ4n) is 1.01. The summed E-state index contributed by atoms with van der Waals surface area (Å²) in [6.07, 6.45) is 1.86. The van der Waals surface area contributed by atoms with Crippen LogP contribution in [0.3, 0.4) is 0 Å². The molecule has 3 unspecified atom stereocenters. The van der Waals surface area contributed by atoms with Gasteiger partial charge in [0.05, 0.1) is 18.8 Å². The Morgan fingerprint density at radius 2 is 2.20 bits per heavy atom. The van der Waals surface area contributed by atoms with Gasteiger partial charge in [0.25, 0.3) is 0 Å². The van der Waals surface area contributed by atoms with E-state index in [4.69, 9.17) is 14.2 Å². The van der Waals surface area contributed by atoms with Crippen molar-refractivity contribution in [3.05, 3.63) is 0 Å². The maximum absolute atomic E-state index is 5.41. The molecule has 10 heavy (non-hydrogen) atoms. The van der Waals surface area contributed by atoms with Gasteiger partial charge in [0.15, 0.2) is 6.29 Å². The first-order valence-corrected chi connectivity index (χ1v) is 3.73. The zero-order valence-electron chi connectivity index (χ0n) is 6.08. The van der Waals surface area contributed by atoms with Gasteiger partial charge in [-0.25, -0.2) is 0 Å². The maximum Gasteiger partial charge on any atom is 0.181 e. The molecule has 0 spiro atoms. The fourth-order valence-corrected chi connectivity index (χ4v) is 1.01. The van der Waals surface area contributed by atoms with Crippen LogP contribution >= 0.6 is 0 Å². The van der Waals surface area contributed by atoms with E-state index in [0.717, 1.165) is 19.6 Å². The van der Waals surface area contributed by atoms with Crippen LogP contribution in [-0.2, 0) is 14.2 Å². The van der Waals surface area contributed by atoms with E-state index in [1.165, 1.54) is 0 Å². The van der Waals surface area contributed by atoms with E-state index in [9.17, 15) is 0 Å². The minimum Gasteiger partial charge on any atom is -0.373 e. The number of rotatable bonds is 4. The SMILES string of the molecule is CC(CC1CO1)OC1CO1. The van der Waals surface area contributed by atoms with Gasteiger partial charge in [0, 0.05) is 6.42 Å². The summed E-state index contributed by atoms with van der Waals surface area (Å²) in [5, 5.41) is 0. The first-order chi connectivity index (χ1) is 4.84. The van der Waals surface area contributed by atoms with E-state index in [0.29, 0.717) is 12.2 Å².